The Kier molecular flexibility index (Phi) is 3.83. The van der Waals surface area contributed by atoms with E-state index in [1.165, 1.54) is 6.42 Å². The third-order valence-corrected chi connectivity index (χ3v) is 2.29. The summed E-state index contributed by atoms with van der Waals surface area (Å²) in [4.78, 5) is 2.30. The molecule has 11 heavy (non-hydrogen) atoms. The molecule has 0 bridgehead atoms. The average Bonchev–Trinajstić information content (AvgIpc) is 2.47. The molecular formula is C8H17NO2. The number of hydrogen-bond acceptors (Lipinski definition) is 3. The van der Waals surface area contributed by atoms with Crippen LogP contribution in [0.2, 0.25) is 0 Å². The van der Waals surface area contributed by atoms with E-state index >= 15 is 0 Å². The number of methoxy groups -OCH3 is 1. The zero-order chi connectivity index (χ0) is 8.10. The quantitative estimate of drug-likeness (QED) is 0.631. The van der Waals surface area contributed by atoms with Crippen LogP contribution < -0.4 is 0 Å². The number of hydrogen-bond donors (Lipinski definition) is 1. The van der Waals surface area contributed by atoms with Crippen LogP contribution in [0.3, 0.4) is 0 Å². The van der Waals surface area contributed by atoms with Crippen molar-refractivity contribution in [3.05, 3.63) is 0 Å². The van der Waals surface area contributed by atoms with E-state index < -0.39 is 0 Å². The highest BCUT2D eigenvalue weighted by atomic mass is 16.5. The minimum absolute atomic E-state index is 0.295. The van der Waals surface area contributed by atoms with Gasteiger partial charge in [0.2, 0.25) is 0 Å². The first-order chi connectivity index (χ1) is 5.38. The smallest absolute Gasteiger partial charge is 0.0589 e. The van der Waals surface area contributed by atoms with E-state index in [0.29, 0.717) is 12.6 Å². The Morgan fingerprint density at radius 3 is 3.09 bits per heavy atom. The molecule has 0 aromatic heterocycles. The van der Waals surface area contributed by atoms with Gasteiger partial charge in [-0.25, -0.2) is 0 Å². The van der Waals surface area contributed by atoms with E-state index in [-0.39, 0.29) is 0 Å². The largest absolute Gasteiger partial charge is 0.395 e. The van der Waals surface area contributed by atoms with Crippen LogP contribution in [0.15, 0.2) is 0 Å². The Morgan fingerprint density at radius 1 is 1.64 bits per heavy atom. The first-order valence-corrected chi connectivity index (χ1v) is 4.22. The second-order valence-corrected chi connectivity index (χ2v) is 3.01. The molecule has 3 nitrogen and oxygen atoms in total. The van der Waals surface area contributed by atoms with Crippen molar-refractivity contribution in [3.63, 3.8) is 0 Å². The molecule has 0 radical (unpaired) electrons. The van der Waals surface area contributed by atoms with Gasteiger partial charge in [-0.05, 0) is 19.4 Å². The van der Waals surface area contributed by atoms with Crippen LogP contribution in [0.25, 0.3) is 0 Å². The van der Waals surface area contributed by atoms with Gasteiger partial charge in [0.1, 0.15) is 0 Å². The highest BCUT2D eigenvalue weighted by Crippen LogP contribution is 2.15. The van der Waals surface area contributed by atoms with E-state index in [9.17, 15) is 0 Å². The molecule has 1 unspecified atom stereocenters. The molecule has 0 aromatic rings. The molecule has 1 aliphatic rings. The van der Waals surface area contributed by atoms with Crippen LogP contribution in [-0.4, -0.2) is 49.5 Å². The Balaban J connectivity index is 2.20. The molecule has 1 saturated heterocycles. The van der Waals surface area contributed by atoms with Crippen LogP contribution in [0.5, 0.6) is 0 Å². The van der Waals surface area contributed by atoms with Gasteiger partial charge in [-0.3, -0.25) is 4.90 Å². The first-order valence-electron chi connectivity index (χ1n) is 4.22. The Bertz CT molecular complexity index is 108. The maximum absolute atomic E-state index is 8.95. The molecule has 1 aliphatic heterocycles. The van der Waals surface area contributed by atoms with Crippen LogP contribution in [0.1, 0.15) is 12.8 Å². The SMILES string of the molecule is COCCN1CCCC1CO. The van der Waals surface area contributed by atoms with Crippen LogP contribution in [-0.2, 0) is 4.74 Å². The second kappa shape index (κ2) is 4.70. The number of aliphatic hydroxyl groups excluding tert-OH is 1. The topological polar surface area (TPSA) is 32.7 Å². The van der Waals surface area contributed by atoms with Crippen molar-refractivity contribution in [1.82, 2.24) is 4.90 Å². The molecule has 0 spiro atoms. The van der Waals surface area contributed by atoms with Gasteiger partial charge in [0.25, 0.3) is 0 Å². The predicted octanol–water partition coefficient (Wildman–Crippen LogP) is 0.0895. The summed E-state index contributed by atoms with van der Waals surface area (Å²) in [6.07, 6.45) is 2.36. The normalized spacial score (nSPS) is 26.2. The summed E-state index contributed by atoms with van der Waals surface area (Å²) in [5, 5.41) is 8.95. The Morgan fingerprint density at radius 2 is 2.45 bits per heavy atom. The van der Waals surface area contributed by atoms with Crippen molar-refractivity contribution < 1.29 is 9.84 Å². The molecule has 0 aromatic carbocycles. The Hall–Kier alpha value is -0.120. The molecule has 1 N–H and O–H groups in total. The zero-order valence-corrected chi connectivity index (χ0v) is 7.12. The maximum Gasteiger partial charge on any atom is 0.0589 e. The van der Waals surface area contributed by atoms with Crippen LogP contribution in [0, 0.1) is 0 Å². The fourth-order valence-electron chi connectivity index (χ4n) is 1.60. The molecule has 0 aliphatic carbocycles. The van der Waals surface area contributed by atoms with Gasteiger partial charge in [-0.15, -0.1) is 0 Å². The summed E-state index contributed by atoms with van der Waals surface area (Å²) in [7, 11) is 1.71. The molecule has 66 valence electrons. The summed E-state index contributed by atoms with van der Waals surface area (Å²) in [5.74, 6) is 0. The van der Waals surface area contributed by atoms with E-state index in [1.807, 2.05) is 0 Å². The summed E-state index contributed by atoms with van der Waals surface area (Å²) in [5.41, 5.74) is 0. The number of rotatable bonds is 4. The van der Waals surface area contributed by atoms with E-state index in [2.05, 4.69) is 4.90 Å². The van der Waals surface area contributed by atoms with Gasteiger partial charge >= 0.3 is 0 Å². The predicted molar refractivity (Wildman–Crippen MR) is 43.6 cm³/mol. The summed E-state index contributed by atoms with van der Waals surface area (Å²) in [6.45, 7) is 3.15. The molecular weight excluding hydrogens is 142 g/mol. The fraction of sp³-hybridized carbons (Fsp3) is 1.00. The standard InChI is InChI=1S/C8H17NO2/c1-11-6-5-9-4-2-3-8(9)7-10/h8,10H,2-7H2,1H3. The van der Waals surface area contributed by atoms with Crippen molar-refractivity contribution in [3.8, 4) is 0 Å². The molecule has 1 heterocycles. The summed E-state index contributed by atoms with van der Waals surface area (Å²) < 4.78 is 4.97. The molecule has 3 heteroatoms. The first kappa shape index (κ1) is 8.97. The second-order valence-electron chi connectivity index (χ2n) is 3.01. The molecule has 0 saturated carbocycles. The van der Waals surface area contributed by atoms with Crippen molar-refractivity contribution in [1.29, 1.82) is 0 Å². The van der Waals surface area contributed by atoms with Gasteiger partial charge in [-0.2, -0.15) is 0 Å². The maximum atomic E-state index is 8.95. The fourth-order valence-corrected chi connectivity index (χ4v) is 1.60. The third-order valence-electron chi connectivity index (χ3n) is 2.29. The van der Waals surface area contributed by atoms with Gasteiger partial charge in [0.15, 0.2) is 0 Å². The third kappa shape index (κ3) is 2.43. The van der Waals surface area contributed by atoms with Gasteiger partial charge in [-0.1, -0.05) is 0 Å². The van der Waals surface area contributed by atoms with Crippen LogP contribution >= 0.6 is 0 Å². The summed E-state index contributed by atoms with van der Waals surface area (Å²) >= 11 is 0. The lowest BCUT2D eigenvalue weighted by Gasteiger charge is -2.21. The molecule has 0 amide bonds. The monoisotopic (exact) mass is 159 g/mol. The lowest BCUT2D eigenvalue weighted by molar-refractivity contribution is 0.113. The lowest BCUT2D eigenvalue weighted by atomic mass is 10.2. The highest BCUT2D eigenvalue weighted by Gasteiger charge is 2.22. The van der Waals surface area contributed by atoms with Crippen molar-refractivity contribution in [2.24, 2.45) is 0 Å². The van der Waals surface area contributed by atoms with Gasteiger partial charge in [0.05, 0.1) is 13.2 Å². The number of ether oxygens (including phenoxy) is 1. The van der Waals surface area contributed by atoms with Gasteiger partial charge in [0, 0.05) is 19.7 Å². The van der Waals surface area contributed by atoms with Crippen molar-refractivity contribution in [2.45, 2.75) is 18.9 Å². The van der Waals surface area contributed by atoms with E-state index in [1.54, 1.807) is 7.11 Å². The highest BCUT2D eigenvalue weighted by molar-refractivity contribution is 4.77. The van der Waals surface area contributed by atoms with Crippen molar-refractivity contribution >= 4 is 0 Å². The summed E-state index contributed by atoms with van der Waals surface area (Å²) in [6, 6.07) is 0.394. The number of likely N-dealkylation sites (tertiary alicyclic amines) is 1. The average molecular weight is 159 g/mol. The van der Waals surface area contributed by atoms with Crippen LogP contribution in [0.4, 0.5) is 0 Å². The Labute approximate surface area is 68.0 Å². The number of aliphatic hydroxyl groups is 1. The molecule has 1 fully saturated rings. The minimum atomic E-state index is 0.295. The minimum Gasteiger partial charge on any atom is -0.395 e. The van der Waals surface area contributed by atoms with E-state index in [4.69, 9.17) is 9.84 Å². The molecule has 1 atom stereocenters. The zero-order valence-electron chi connectivity index (χ0n) is 7.12. The molecule has 1 rings (SSSR count). The van der Waals surface area contributed by atoms with E-state index in [0.717, 1.165) is 26.1 Å². The van der Waals surface area contributed by atoms with Gasteiger partial charge < -0.3 is 9.84 Å². The number of nitrogens with zero attached hydrogens (tertiary/aromatic N) is 1. The van der Waals surface area contributed by atoms with Crippen molar-refractivity contribution in [2.75, 3.05) is 33.4 Å². The lowest BCUT2D eigenvalue weighted by Crippen LogP contribution is -2.34.